The largest absolute Gasteiger partial charge is 0.481 e. The van der Waals surface area contributed by atoms with Gasteiger partial charge in [-0.1, -0.05) is 30.3 Å². The van der Waals surface area contributed by atoms with Gasteiger partial charge in [-0.05, 0) is 11.6 Å². The lowest BCUT2D eigenvalue weighted by Crippen LogP contribution is -2.48. The normalized spacial score (nSPS) is 11.5. The fourth-order valence-electron chi connectivity index (χ4n) is 3.10. The molecule has 168 valence electrons. The highest BCUT2D eigenvalue weighted by Crippen LogP contribution is 2.19. The first-order valence-electron chi connectivity index (χ1n) is 9.87. The van der Waals surface area contributed by atoms with Gasteiger partial charge in [0.1, 0.15) is 11.6 Å². The number of hydrogen-bond acceptors (Lipinski definition) is 6. The number of pyridine rings is 1. The van der Waals surface area contributed by atoms with Crippen LogP contribution < -0.4 is 25.7 Å². The Morgan fingerprint density at radius 1 is 1.12 bits per heavy atom. The van der Waals surface area contributed by atoms with Crippen LogP contribution in [0.25, 0.3) is 0 Å². The van der Waals surface area contributed by atoms with Gasteiger partial charge in [-0.15, -0.1) is 0 Å². The number of benzene rings is 1. The highest BCUT2D eigenvalue weighted by molar-refractivity contribution is 5.99. The third kappa shape index (κ3) is 5.34. The second-order valence-corrected chi connectivity index (χ2v) is 7.01. The number of nitrogens with one attached hydrogen (secondary N) is 3. The predicted molar refractivity (Wildman–Crippen MR) is 117 cm³/mol. The predicted octanol–water partition coefficient (Wildman–Crippen LogP) is 0.783. The molecule has 0 aliphatic carbocycles. The molecule has 32 heavy (non-hydrogen) atoms. The van der Waals surface area contributed by atoms with E-state index in [2.05, 4.69) is 20.7 Å². The molecule has 0 saturated heterocycles. The quantitative estimate of drug-likeness (QED) is 0.452. The number of H-pyrrole nitrogens is 1. The van der Waals surface area contributed by atoms with Crippen LogP contribution in [-0.4, -0.2) is 46.8 Å². The molecule has 0 spiro atoms. The Morgan fingerprint density at radius 3 is 2.50 bits per heavy atom. The van der Waals surface area contributed by atoms with Gasteiger partial charge in [0, 0.05) is 37.8 Å². The molecule has 2 heterocycles. The molecule has 0 radical (unpaired) electrons. The summed E-state index contributed by atoms with van der Waals surface area (Å²) < 4.78 is 11.5. The van der Waals surface area contributed by atoms with Crippen molar-refractivity contribution < 1.29 is 19.1 Å². The van der Waals surface area contributed by atoms with E-state index in [1.165, 1.54) is 37.2 Å². The number of ether oxygens (including phenoxy) is 2. The van der Waals surface area contributed by atoms with Crippen molar-refractivity contribution in [3.05, 3.63) is 75.7 Å². The fourth-order valence-corrected chi connectivity index (χ4v) is 3.10. The van der Waals surface area contributed by atoms with Crippen LogP contribution in [0, 0.1) is 0 Å². The molecule has 1 unspecified atom stereocenters. The number of hydrogen-bond donors (Lipinski definition) is 3. The summed E-state index contributed by atoms with van der Waals surface area (Å²) in [4.78, 5) is 42.3. The Labute approximate surface area is 184 Å². The molecule has 0 fully saturated rings. The van der Waals surface area contributed by atoms with Crippen LogP contribution in [0.15, 0.2) is 53.5 Å². The summed E-state index contributed by atoms with van der Waals surface area (Å²) in [7, 11) is 4.40. The van der Waals surface area contributed by atoms with Crippen LogP contribution in [0.2, 0.25) is 0 Å². The maximum atomic E-state index is 13.0. The smallest absolute Gasteiger partial charge is 0.269 e. The molecule has 10 nitrogen and oxygen atoms in total. The van der Waals surface area contributed by atoms with E-state index in [-0.39, 0.29) is 35.8 Å². The number of rotatable bonds is 9. The number of amides is 2. The molecule has 0 aliphatic heterocycles. The van der Waals surface area contributed by atoms with Crippen molar-refractivity contribution in [2.45, 2.75) is 19.0 Å². The molecule has 0 aliphatic rings. The second-order valence-electron chi connectivity index (χ2n) is 7.01. The van der Waals surface area contributed by atoms with E-state index in [1.54, 1.807) is 7.05 Å². The molecule has 3 N–H and O–H groups in total. The van der Waals surface area contributed by atoms with Crippen molar-refractivity contribution in [1.29, 1.82) is 0 Å². The minimum atomic E-state index is -0.999. The number of nitrogens with zero attached hydrogens (tertiary/aromatic N) is 2. The third-order valence-corrected chi connectivity index (χ3v) is 4.85. The summed E-state index contributed by atoms with van der Waals surface area (Å²) in [6, 6.07) is 11.4. The second kappa shape index (κ2) is 10.3. The Hall–Kier alpha value is -4.08. The zero-order valence-electron chi connectivity index (χ0n) is 18.0. The Kier molecular flexibility index (Phi) is 7.27. The van der Waals surface area contributed by atoms with E-state index in [0.717, 1.165) is 5.56 Å². The first-order chi connectivity index (χ1) is 15.4. The molecule has 3 aromatic rings. The van der Waals surface area contributed by atoms with E-state index in [9.17, 15) is 14.4 Å². The van der Waals surface area contributed by atoms with Crippen molar-refractivity contribution in [1.82, 2.24) is 25.4 Å². The summed E-state index contributed by atoms with van der Waals surface area (Å²) in [5, 5.41) is 8.27. The summed E-state index contributed by atoms with van der Waals surface area (Å²) in [5.41, 5.74) is 1.14. The minimum Gasteiger partial charge on any atom is -0.481 e. The zero-order valence-corrected chi connectivity index (χ0v) is 18.0. The number of aromatic nitrogens is 3. The third-order valence-electron chi connectivity index (χ3n) is 4.85. The van der Waals surface area contributed by atoms with Crippen molar-refractivity contribution >= 4 is 11.8 Å². The molecule has 1 aromatic carbocycles. The summed E-state index contributed by atoms with van der Waals surface area (Å²) in [5.74, 6) is -0.649. The fraction of sp³-hybridized carbons (Fsp3) is 0.273. The van der Waals surface area contributed by atoms with Crippen molar-refractivity contribution in [2.75, 3.05) is 14.2 Å². The van der Waals surface area contributed by atoms with Gasteiger partial charge < -0.3 is 25.2 Å². The highest BCUT2D eigenvalue weighted by atomic mass is 16.5. The van der Waals surface area contributed by atoms with Gasteiger partial charge in [-0.25, -0.2) is 0 Å². The van der Waals surface area contributed by atoms with Gasteiger partial charge in [0.25, 0.3) is 11.5 Å². The minimum absolute atomic E-state index is 0.00837. The average molecular weight is 439 g/mol. The monoisotopic (exact) mass is 439 g/mol. The number of methoxy groups -OCH3 is 2. The van der Waals surface area contributed by atoms with Crippen LogP contribution in [0.4, 0.5) is 0 Å². The standard InChI is InChI=1S/C22H25N5O5/c1-27-22(30)15(13-24-27)11-17(20(29)23-12-14-7-5-4-6-8-14)25-19(28)16-9-10-18(31-2)26-21(16)32-3/h4-10,13,17,24H,11-12H2,1-3H3,(H,23,29)(H,25,28). The lowest BCUT2D eigenvalue weighted by Gasteiger charge is -2.18. The molecule has 3 rings (SSSR count). The number of aryl methyl sites for hydroxylation is 1. The Balaban J connectivity index is 1.81. The molecule has 2 amide bonds. The van der Waals surface area contributed by atoms with Crippen molar-refractivity contribution in [2.24, 2.45) is 7.05 Å². The van der Waals surface area contributed by atoms with Crippen molar-refractivity contribution in [3.63, 3.8) is 0 Å². The Bertz CT molecular complexity index is 1140. The molecule has 0 bridgehead atoms. The maximum Gasteiger partial charge on any atom is 0.269 e. The van der Waals surface area contributed by atoms with Gasteiger partial charge in [0.15, 0.2) is 0 Å². The van der Waals surface area contributed by atoms with E-state index in [1.807, 2.05) is 30.3 Å². The molecular weight excluding hydrogens is 414 g/mol. The lowest BCUT2D eigenvalue weighted by atomic mass is 10.1. The van der Waals surface area contributed by atoms with Crippen molar-refractivity contribution in [3.8, 4) is 11.8 Å². The maximum absolute atomic E-state index is 13.0. The van der Waals surface area contributed by atoms with Crippen LogP contribution in [0.3, 0.4) is 0 Å². The summed E-state index contributed by atoms with van der Waals surface area (Å²) in [6.45, 7) is 0.282. The molecule has 0 saturated carbocycles. The van der Waals surface area contributed by atoms with Crippen LogP contribution in [0.5, 0.6) is 11.8 Å². The number of aromatic amines is 1. The van der Waals surface area contributed by atoms with E-state index in [4.69, 9.17) is 9.47 Å². The van der Waals surface area contributed by atoms with Gasteiger partial charge in [-0.2, -0.15) is 4.98 Å². The lowest BCUT2D eigenvalue weighted by molar-refractivity contribution is -0.123. The SMILES string of the molecule is COc1ccc(C(=O)NC(Cc2c[nH]n(C)c2=O)C(=O)NCc2ccccc2)c(OC)n1. The summed E-state index contributed by atoms with van der Waals surface area (Å²) in [6.07, 6.45) is 1.52. The molecule has 10 heteroatoms. The molecule has 1 atom stereocenters. The van der Waals surface area contributed by atoms with E-state index >= 15 is 0 Å². The average Bonchev–Trinajstić information content (AvgIpc) is 3.14. The van der Waals surface area contributed by atoms with Gasteiger partial charge in [0.05, 0.1) is 14.2 Å². The molecule has 2 aromatic heterocycles. The van der Waals surface area contributed by atoms with E-state index in [0.29, 0.717) is 5.56 Å². The first-order valence-corrected chi connectivity index (χ1v) is 9.87. The highest BCUT2D eigenvalue weighted by Gasteiger charge is 2.25. The molecular formula is C22H25N5O5. The summed E-state index contributed by atoms with van der Waals surface area (Å²) >= 11 is 0. The Morgan fingerprint density at radius 2 is 1.88 bits per heavy atom. The number of carbonyl (C=O) groups is 2. The zero-order chi connectivity index (χ0) is 23.1. The van der Waals surface area contributed by atoms with Gasteiger partial charge in [0.2, 0.25) is 17.7 Å². The van der Waals surface area contributed by atoms with Crippen LogP contribution in [0.1, 0.15) is 21.5 Å². The first kappa shape index (κ1) is 22.6. The van der Waals surface area contributed by atoms with E-state index < -0.39 is 17.9 Å². The number of carbonyl (C=O) groups excluding carboxylic acids is 2. The topological polar surface area (TPSA) is 127 Å². The van der Waals surface area contributed by atoms with Gasteiger partial charge >= 0.3 is 0 Å². The van der Waals surface area contributed by atoms with Crippen LogP contribution >= 0.6 is 0 Å². The van der Waals surface area contributed by atoms with Gasteiger partial charge in [-0.3, -0.25) is 19.1 Å². The van der Waals surface area contributed by atoms with Crippen LogP contribution in [-0.2, 0) is 24.8 Å².